The van der Waals surface area contributed by atoms with Gasteiger partial charge in [-0.1, -0.05) is 29.3 Å². The lowest BCUT2D eigenvalue weighted by Gasteiger charge is -2.13. The fraction of sp³-hybridized carbons (Fsp3) is 0.227. The number of fused-ring (bicyclic) bond motifs is 1. The Morgan fingerprint density at radius 1 is 1.21 bits per heavy atom. The van der Waals surface area contributed by atoms with Crippen LogP contribution >= 0.6 is 23.2 Å². The molecule has 0 saturated carbocycles. The largest absolute Gasteiger partial charge is 0.490 e. The monoisotopic (exact) mass is 510 g/mol. The van der Waals surface area contributed by atoms with E-state index in [1.165, 1.54) is 36.5 Å². The van der Waals surface area contributed by atoms with Crippen molar-refractivity contribution in [3.05, 3.63) is 70.3 Å². The molecule has 0 spiro atoms. The van der Waals surface area contributed by atoms with Crippen LogP contribution in [-0.4, -0.2) is 29.8 Å². The molecule has 7 nitrogen and oxygen atoms in total. The summed E-state index contributed by atoms with van der Waals surface area (Å²) in [6, 6.07) is 7.00. The first-order chi connectivity index (χ1) is 15.8. The average Bonchev–Trinajstić information content (AvgIpc) is 3.41. The van der Waals surface area contributed by atoms with Crippen molar-refractivity contribution in [1.82, 2.24) is 14.8 Å². The van der Waals surface area contributed by atoms with E-state index in [1.54, 1.807) is 6.20 Å². The van der Waals surface area contributed by atoms with Gasteiger partial charge >= 0.3 is 0 Å². The predicted molar refractivity (Wildman–Crippen MR) is 127 cm³/mol. The Morgan fingerprint density at radius 2 is 2.03 bits per heavy atom. The van der Waals surface area contributed by atoms with Crippen LogP contribution in [0.3, 0.4) is 0 Å². The lowest BCUT2D eigenvalue weighted by atomic mass is 10.2. The van der Waals surface area contributed by atoms with Gasteiger partial charge in [-0.15, -0.1) is 0 Å². The molecule has 0 fully saturated rings. The number of aromatic amines is 1. The molecule has 0 aliphatic heterocycles. The van der Waals surface area contributed by atoms with Gasteiger partial charge in [0.1, 0.15) is 4.90 Å². The summed E-state index contributed by atoms with van der Waals surface area (Å²) in [6.45, 7) is 3.01. The highest BCUT2D eigenvalue weighted by Crippen LogP contribution is 2.36. The Morgan fingerprint density at radius 3 is 2.79 bits per heavy atom. The summed E-state index contributed by atoms with van der Waals surface area (Å²) >= 11 is 12.3. The van der Waals surface area contributed by atoms with Gasteiger partial charge in [0.2, 0.25) is 0 Å². The molecular formula is C22H21Cl2FN4O3S. The van der Waals surface area contributed by atoms with E-state index in [1.807, 2.05) is 17.8 Å². The minimum Gasteiger partial charge on any atom is -0.490 e. The predicted octanol–water partition coefficient (Wildman–Crippen LogP) is 5.64. The van der Waals surface area contributed by atoms with Crippen molar-refractivity contribution in [3.63, 3.8) is 0 Å². The Hall–Kier alpha value is -2.75. The number of aryl methyl sites for hydroxylation is 2. The Bertz CT molecular complexity index is 1400. The molecule has 2 aromatic heterocycles. The van der Waals surface area contributed by atoms with Crippen LogP contribution in [0.5, 0.6) is 5.75 Å². The fourth-order valence-corrected chi connectivity index (χ4v) is 5.15. The number of sulfonamides is 1. The van der Waals surface area contributed by atoms with Crippen molar-refractivity contribution >= 4 is 49.8 Å². The van der Waals surface area contributed by atoms with Gasteiger partial charge in [0.25, 0.3) is 10.0 Å². The molecule has 0 saturated heterocycles. The summed E-state index contributed by atoms with van der Waals surface area (Å²) < 4.78 is 50.7. The van der Waals surface area contributed by atoms with E-state index in [4.69, 9.17) is 27.9 Å². The molecule has 0 bridgehead atoms. The van der Waals surface area contributed by atoms with Crippen LogP contribution in [-0.2, 0) is 23.0 Å². The van der Waals surface area contributed by atoms with Crippen LogP contribution < -0.4 is 9.46 Å². The van der Waals surface area contributed by atoms with Gasteiger partial charge in [0.05, 0.1) is 34.1 Å². The van der Waals surface area contributed by atoms with Crippen molar-refractivity contribution in [2.45, 2.75) is 31.2 Å². The molecular weight excluding hydrogens is 490 g/mol. The van der Waals surface area contributed by atoms with Gasteiger partial charge in [0.15, 0.2) is 11.6 Å². The molecule has 0 aliphatic carbocycles. The van der Waals surface area contributed by atoms with E-state index >= 15 is 4.39 Å². The Balaban J connectivity index is 1.48. The number of benzene rings is 2. The number of H-pyrrole nitrogens is 1. The fourth-order valence-electron chi connectivity index (χ4n) is 3.43. The molecule has 4 rings (SSSR count). The molecule has 0 amide bonds. The highest BCUT2D eigenvalue weighted by molar-refractivity contribution is 7.92. The number of hydrogen-bond donors (Lipinski definition) is 2. The number of hydrogen-bond acceptors (Lipinski definition) is 4. The van der Waals surface area contributed by atoms with E-state index in [-0.39, 0.29) is 18.0 Å². The molecule has 174 valence electrons. The number of nitrogens with one attached hydrogen (secondary N) is 2. The van der Waals surface area contributed by atoms with Gasteiger partial charge in [-0.25, -0.2) is 12.8 Å². The lowest BCUT2D eigenvalue weighted by molar-refractivity contribution is 0.293. The van der Waals surface area contributed by atoms with Gasteiger partial charge in [-0.2, -0.15) is 5.10 Å². The number of aromatic nitrogens is 3. The quantitative estimate of drug-likeness (QED) is 0.285. The minimum atomic E-state index is -4.26. The van der Waals surface area contributed by atoms with Crippen molar-refractivity contribution < 1.29 is 17.5 Å². The topological polar surface area (TPSA) is 89.0 Å². The number of anilines is 1. The van der Waals surface area contributed by atoms with Crippen molar-refractivity contribution in [2.24, 2.45) is 0 Å². The first kappa shape index (κ1) is 23.4. The van der Waals surface area contributed by atoms with Crippen molar-refractivity contribution in [1.29, 1.82) is 0 Å². The van der Waals surface area contributed by atoms with Gasteiger partial charge in [0, 0.05) is 24.3 Å². The van der Waals surface area contributed by atoms with E-state index in [0.717, 1.165) is 12.1 Å². The van der Waals surface area contributed by atoms with Gasteiger partial charge in [-0.05, 0) is 49.6 Å². The van der Waals surface area contributed by atoms with Crippen LogP contribution in [0.25, 0.3) is 10.9 Å². The third-order valence-electron chi connectivity index (χ3n) is 5.08. The third kappa shape index (κ3) is 4.95. The molecule has 33 heavy (non-hydrogen) atoms. The first-order valence-corrected chi connectivity index (χ1v) is 12.4. The number of nitrogens with zero attached hydrogens (tertiary/aromatic N) is 2. The third-order valence-corrected chi connectivity index (χ3v) is 7.07. The summed E-state index contributed by atoms with van der Waals surface area (Å²) in [5.41, 5.74) is 1.65. The minimum absolute atomic E-state index is 0.133. The zero-order chi connectivity index (χ0) is 23.6. The second-order valence-corrected chi connectivity index (χ2v) is 9.78. The van der Waals surface area contributed by atoms with E-state index in [9.17, 15) is 8.42 Å². The maximum absolute atomic E-state index is 15.0. The summed E-state index contributed by atoms with van der Waals surface area (Å²) in [6.07, 6.45) is 6.57. The molecule has 2 N–H and O–H groups in total. The molecule has 11 heteroatoms. The van der Waals surface area contributed by atoms with E-state index < -0.39 is 20.7 Å². The zero-order valence-electron chi connectivity index (χ0n) is 17.6. The highest BCUT2D eigenvalue weighted by Gasteiger charge is 2.24. The maximum atomic E-state index is 15.0. The lowest BCUT2D eigenvalue weighted by Crippen LogP contribution is -2.15. The Kier molecular flexibility index (Phi) is 6.83. The van der Waals surface area contributed by atoms with Crippen LogP contribution in [0.1, 0.15) is 18.9 Å². The normalized spacial score (nSPS) is 11.8. The first-order valence-electron chi connectivity index (χ1n) is 10.2. The van der Waals surface area contributed by atoms with E-state index in [0.29, 0.717) is 33.8 Å². The number of halogens is 3. The summed E-state index contributed by atoms with van der Waals surface area (Å²) in [7, 11) is -4.26. The summed E-state index contributed by atoms with van der Waals surface area (Å²) in [4.78, 5) is 2.36. The SMILES string of the molecule is CCn1cc(CCCOc2cccc(S(=O)(=O)Nc3ccc(Cl)c4c(Cl)c[nH]c34)c2F)cn1. The molecule has 0 atom stereocenters. The van der Waals surface area contributed by atoms with Crippen LogP contribution in [0.2, 0.25) is 10.0 Å². The molecule has 0 aliphatic rings. The van der Waals surface area contributed by atoms with Gasteiger partial charge in [-0.3, -0.25) is 9.40 Å². The number of rotatable bonds is 9. The standard InChI is InChI=1S/C22H21Cl2FN4O3S/c1-2-29-13-14(11-27-29)5-4-10-32-18-6-3-7-19(21(18)25)33(30,31)28-17-9-8-15(23)20-16(24)12-26-22(17)20/h3,6-9,11-13,26,28H,2,4-5,10H2,1H3. The van der Waals surface area contributed by atoms with Crippen LogP contribution in [0, 0.1) is 5.82 Å². The molecule has 2 heterocycles. The molecule has 0 unspecified atom stereocenters. The summed E-state index contributed by atoms with van der Waals surface area (Å²) in [5, 5.41) is 5.39. The zero-order valence-corrected chi connectivity index (χ0v) is 19.9. The van der Waals surface area contributed by atoms with Crippen LogP contribution in [0.4, 0.5) is 10.1 Å². The van der Waals surface area contributed by atoms with Crippen molar-refractivity contribution in [3.8, 4) is 5.75 Å². The maximum Gasteiger partial charge on any atom is 0.265 e. The molecule has 2 aromatic carbocycles. The van der Waals surface area contributed by atoms with Gasteiger partial charge < -0.3 is 9.72 Å². The molecule has 4 aromatic rings. The second-order valence-electron chi connectivity index (χ2n) is 7.31. The van der Waals surface area contributed by atoms with Crippen LogP contribution in [0.15, 0.2) is 53.8 Å². The Labute approximate surface area is 200 Å². The molecule has 0 radical (unpaired) electrons. The average molecular weight is 511 g/mol. The smallest absolute Gasteiger partial charge is 0.265 e. The summed E-state index contributed by atoms with van der Waals surface area (Å²) in [5.74, 6) is -1.09. The van der Waals surface area contributed by atoms with Crippen molar-refractivity contribution in [2.75, 3.05) is 11.3 Å². The highest BCUT2D eigenvalue weighted by atomic mass is 35.5. The second kappa shape index (κ2) is 9.62. The van der Waals surface area contributed by atoms with E-state index in [2.05, 4.69) is 14.8 Å². The number of ether oxygens (including phenoxy) is 1.